The number of piperidine rings is 1. The van der Waals surface area contributed by atoms with Crippen LogP contribution in [0.25, 0.3) is 0 Å². The van der Waals surface area contributed by atoms with Crippen molar-refractivity contribution in [2.75, 3.05) is 25.0 Å². The SMILES string of the molecule is CCN1CCC(c2ccc(NC(C)=O)cc2)CC1. The van der Waals surface area contributed by atoms with Crippen molar-refractivity contribution in [1.29, 1.82) is 0 Å². The number of nitrogens with zero attached hydrogens (tertiary/aromatic N) is 1. The zero-order chi connectivity index (χ0) is 13.0. The van der Waals surface area contributed by atoms with Gasteiger partial charge in [0.2, 0.25) is 5.91 Å². The van der Waals surface area contributed by atoms with E-state index < -0.39 is 0 Å². The lowest BCUT2D eigenvalue weighted by Crippen LogP contribution is -2.32. The molecule has 1 amide bonds. The van der Waals surface area contributed by atoms with Gasteiger partial charge in [0.25, 0.3) is 0 Å². The first-order valence-electron chi connectivity index (χ1n) is 6.79. The number of nitrogens with one attached hydrogen (secondary N) is 1. The number of hydrogen-bond donors (Lipinski definition) is 1. The van der Waals surface area contributed by atoms with E-state index in [1.807, 2.05) is 12.1 Å². The van der Waals surface area contributed by atoms with E-state index in [1.165, 1.54) is 38.4 Å². The summed E-state index contributed by atoms with van der Waals surface area (Å²) in [6, 6.07) is 8.31. The van der Waals surface area contributed by atoms with Crippen molar-refractivity contribution in [3.05, 3.63) is 29.8 Å². The first-order chi connectivity index (χ1) is 8.69. The van der Waals surface area contributed by atoms with E-state index in [0.29, 0.717) is 5.92 Å². The largest absolute Gasteiger partial charge is 0.326 e. The quantitative estimate of drug-likeness (QED) is 0.889. The molecule has 0 atom stereocenters. The summed E-state index contributed by atoms with van der Waals surface area (Å²) in [6.45, 7) is 7.33. The van der Waals surface area contributed by atoms with Crippen molar-refractivity contribution in [2.24, 2.45) is 0 Å². The number of rotatable bonds is 3. The molecule has 0 unspecified atom stereocenters. The zero-order valence-corrected chi connectivity index (χ0v) is 11.3. The number of carbonyl (C=O) groups excluding carboxylic acids is 1. The van der Waals surface area contributed by atoms with Crippen LogP contribution < -0.4 is 5.32 Å². The van der Waals surface area contributed by atoms with Crippen LogP contribution in [0.3, 0.4) is 0 Å². The Bertz CT molecular complexity index is 391. The number of likely N-dealkylation sites (tertiary alicyclic amines) is 1. The molecule has 0 radical (unpaired) electrons. The van der Waals surface area contributed by atoms with E-state index in [9.17, 15) is 4.79 Å². The van der Waals surface area contributed by atoms with Gasteiger partial charge in [-0.05, 0) is 56.1 Å². The van der Waals surface area contributed by atoms with Crippen molar-refractivity contribution in [3.8, 4) is 0 Å². The number of hydrogen-bond acceptors (Lipinski definition) is 2. The predicted molar refractivity (Wildman–Crippen MR) is 74.8 cm³/mol. The van der Waals surface area contributed by atoms with Gasteiger partial charge in [-0.25, -0.2) is 0 Å². The smallest absolute Gasteiger partial charge is 0.221 e. The molecule has 0 bridgehead atoms. The molecule has 1 aliphatic rings. The van der Waals surface area contributed by atoms with E-state index in [-0.39, 0.29) is 5.91 Å². The van der Waals surface area contributed by atoms with E-state index in [2.05, 4.69) is 29.3 Å². The van der Waals surface area contributed by atoms with Gasteiger partial charge in [0.1, 0.15) is 0 Å². The van der Waals surface area contributed by atoms with Crippen LogP contribution in [0.4, 0.5) is 5.69 Å². The third kappa shape index (κ3) is 3.33. The molecule has 1 aliphatic heterocycles. The van der Waals surface area contributed by atoms with Gasteiger partial charge in [0, 0.05) is 12.6 Å². The lowest BCUT2D eigenvalue weighted by Gasteiger charge is -2.31. The molecule has 0 aromatic heterocycles. The molecule has 1 heterocycles. The summed E-state index contributed by atoms with van der Waals surface area (Å²) in [7, 11) is 0. The Morgan fingerprint density at radius 1 is 1.28 bits per heavy atom. The van der Waals surface area contributed by atoms with Crippen LogP contribution in [0.5, 0.6) is 0 Å². The highest BCUT2D eigenvalue weighted by atomic mass is 16.1. The lowest BCUT2D eigenvalue weighted by molar-refractivity contribution is -0.114. The minimum absolute atomic E-state index is 0.0148. The molecule has 1 fully saturated rings. The van der Waals surface area contributed by atoms with E-state index in [0.717, 1.165) is 12.2 Å². The van der Waals surface area contributed by atoms with Crippen LogP contribution in [0.1, 0.15) is 38.2 Å². The van der Waals surface area contributed by atoms with Gasteiger partial charge in [0.05, 0.1) is 0 Å². The van der Waals surface area contributed by atoms with Gasteiger partial charge in [-0.3, -0.25) is 4.79 Å². The maximum atomic E-state index is 11.0. The summed E-state index contributed by atoms with van der Waals surface area (Å²) in [5.74, 6) is 0.665. The van der Waals surface area contributed by atoms with Crippen LogP contribution in [0, 0.1) is 0 Å². The third-order valence-electron chi connectivity index (χ3n) is 3.74. The second-order valence-electron chi connectivity index (χ2n) is 5.01. The van der Waals surface area contributed by atoms with Gasteiger partial charge in [0.15, 0.2) is 0 Å². The summed E-state index contributed by atoms with van der Waals surface area (Å²) in [6.07, 6.45) is 2.49. The number of anilines is 1. The van der Waals surface area contributed by atoms with Crippen LogP contribution in [0.15, 0.2) is 24.3 Å². The Morgan fingerprint density at radius 2 is 1.89 bits per heavy atom. The van der Waals surface area contributed by atoms with Crippen molar-refractivity contribution in [3.63, 3.8) is 0 Å². The molecule has 3 heteroatoms. The highest BCUT2D eigenvalue weighted by Gasteiger charge is 2.19. The molecule has 1 aromatic carbocycles. The normalized spacial score (nSPS) is 17.7. The Hall–Kier alpha value is -1.35. The summed E-state index contributed by atoms with van der Waals surface area (Å²) < 4.78 is 0. The van der Waals surface area contributed by atoms with Gasteiger partial charge in [-0.1, -0.05) is 19.1 Å². The molecule has 0 saturated carbocycles. The van der Waals surface area contributed by atoms with Crippen molar-refractivity contribution >= 4 is 11.6 Å². The van der Waals surface area contributed by atoms with Crippen LogP contribution in [-0.4, -0.2) is 30.4 Å². The molecule has 0 spiro atoms. The number of amides is 1. The maximum absolute atomic E-state index is 11.0. The fourth-order valence-corrected chi connectivity index (χ4v) is 2.62. The maximum Gasteiger partial charge on any atom is 0.221 e. The number of carbonyl (C=O) groups is 1. The molecule has 1 aromatic rings. The minimum Gasteiger partial charge on any atom is -0.326 e. The molecule has 3 nitrogen and oxygen atoms in total. The first-order valence-corrected chi connectivity index (χ1v) is 6.79. The topological polar surface area (TPSA) is 32.3 Å². The highest BCUT2D eigenvalue weighted by molar-refractivity contribution is 5.88. The molecule has 1 N–H and O–H groups in total. The van der Waals surface area contributed by atoms with Crippen LogP contribution >= 0.6 is 0 Å². The molecular formula is C15H22N2O. The summed E-state index contributed by atoms with van der Waals surface area (Å²) in [5.41, 5.74) is 2.29. The predicted octanol–water partition coefficient (Wildman–Crippen LogP) is 2.84. The fourth-order valence-electron chi connectivity index (χ4n) is 2.62. The van der Waals surface area contributed by atoms with E-state index in [1.54, 1.807) is 0 Å². The van der Waals surface area contributed by atoms with Crippen LogP contribution in [0.2, 0.25) is 0 Å². The van der Waals surface area contributed by atoms with Crippen molar-refractivity contribution < 1.29 is 4.79 Å². The zero-order valence-electron chi connectivity index (χ0n) is 11.3. The monoisotopic (exact) mass is 246 g/mol. The standard InChI is InChI=1S/C15H22N2O/c1-3-17-10-8-14(9-11-17)13-4-6-15(7-5-13)16-12(2)18/h4-7,14H,3,8-11H2,1-2H3,(H,16,18). The Balaban J connectivity index is 1.95. The average Bonchev–Trinajstić information content (AvgIpc) is 2.39. The molecular weight excluding hydrogens is 224 g/mol. The summed E-state index contributed by atoms with van der Waals surface area (Å²) >= 11 is 0. The molecule has 18 heavy (non-hydrogen) atoms. The third-order valence-corrected chi connectivity index (χ3v) is 3.74. The van der Waals surface area contributed by atoms with Crippen LogP contribution in [-0.2, 0) is 4.79 Å². The van der Waals surface area contributed by atoms with E-state index >= 15 is 0 Å². The summed E-state index contributed by atoms with van der Waals surface area (Å²) in [4.78, 5) is 13.5. The second-order valence-corrected chi connectivity index (χ2v) is 5.01. The average molecular weight is 246 g/mol. The van der Waals surface area contributed by atoms with Gasteiger partial charge >= 0.3 is 0 Å². The Morgan fingerprint density at radius 3 is 2.39 bits per heavy atom. The van der Waals surface area contributed by atoms with Gasteiger partial charge in [-0.2, -0.15) is 0 Å². The van der Waals surface area contributed by atoms with Gasteiger partial charge in [-0.15, -0.1) is 0 Å². The van der Waals surface area contributed by atoms with E-state index in [4.69, 9.17) is 0 Å². The molecule has 98 valence electrons. The van der Waals surface area contributed by atoms with Crippen molar-refractivity contribution in [1.82, 2.24) is 4.90 Å². The second kappa shape index (κ2) is 6.01. The highest BCUT2D eigenvalue weighted by Crippen LogP contribution is 2.28. The molecule has 1 saturated heterocycles. The minimum atomic E-state index is -0.0148. The van der Waals surface area contributed by atoms with Crippen molar-refractivity contribution in [2.45, 2.75) is 32.6 Å². The summed E-state index contributed by atoms with van der Waals surface area (Å²) in [5, 5.41) is 2.80. The number of benzene rings is 1. The first kappa shape index (κ1) is 13.1. The van der Waals surface area contributed by atoms with Gasteiger partial charge < -0.3 is 10.2 Å². The Kier molecular flexibility index (Phi) is 4.37. The molecule has 0 aliphatic carbocycles. The Labute approximate surface area is 109 Å². The lowest BCUT2D eigenvalue weighted by atomic mass is 9.89. The fraction of sp³-hybridized carbons (Fsp3) is 0.533. The molecule has 2 rings (SSSR count).